The van der Waals surface area contributed by atoms with Crippen molar-refractivity contribution in [3.63, 3.8) is 0 Å². The molecule has 118 heavy (non-hydrogen) atoms. The zero-order valence-electron chi connectivity index (χ0n) is 65.2. The molecule has 0 saturated carbocycles. The number of para-hydroxylation sites is 4. The Balaban J connectivity index is 0.000000121. The highest BCUT2D eigenvalue weighted by atomic mass is 35.5. The summed E-state index contributed by atoms with van der Waals surface area (Å²) in [6.45, 7) is 9.37. The van der Waals surface area contributed by atoms with Gasteiger partial charge in [-0.05, 0) is 207 Å². The maximum Gasteiger partial charge on any atom is 0.132 e. The SMILES string of the molecule is C.CC1(C)c2ccccc2-c2ccc(N(c3ccc(-c4ccccc4)cc3)c3cccc4c3-c3c(ccc5ccccc35)C43c4ccccc4Oc4ccccc43)cc21.CC1(C)c2ccccc2-c2ccc(Nc3ccc(-c4ccccc4)cc3)cc21.Clc1cccc2c1-c1c(ccc3ccccc13)C21c2ccccc2Oc2ccccc21. The number of nitrogens with zero attached hydrogens (tertiary/aromatic N) is 1. The Hall–Kier alpha value is -14.0. The molecule has 0 fully saturated rings. The van der Waals surface area contributed by atoms with E-state index in [0.717, 1.165) is 84.3 Å². The van der Waals surface area contributed by atoms with Crippen molar-refractivity contribution in [3.05, 3.63) is 472 Å². The van der Waals surface area contributed by atoms with Crippen LogP contribution in [-0.2, 0) is 21.7 Å². The molecule has 2 spiro atoms. The van der Waals surface area contributed by atoms with E-state index in [0.29, 0.717) is 0 Å². The quantitative estimate of drug-likeness (QED) is 0.172. The van der Waals surface area contributed by atoms with E-state index in [1.807, 2.05) is 24.3 Å². The fourth-order valence-electron chi connectivity index (χ4n) is 20.6. The van der Waals surface area contributed by atoms with Crippen LogP contribution in [0.4, 0.5) is 28.4 Å². The zero-order valence-corrected chi connectivity index (χ0v) is 66.0. The molecule has 18 aromatic carbocycles. The van der Waals surface area contributed by atoms with Crippen molar-refractivity contribution >= 4 is 61.6 Å². The van der Waals surface area contributed by atoms with Crippen molar-refractivity contribution in [1.82, 2.24) is 0 Å². The summed E-state index contributed by atoms with van der Waals surface area (Å²) in [7, 11) is 0. The number of halogens is 1. The van der Waals surface area contributed by atoms with Crippen LogP contribution < -0.4 is 19.7 Å². The monoisotopic (exact) mass is 1530 g/mol. The first-order chi connectivity index (χ1) is 57.5. The number of nitrogens with one attached hydrogen (secondary N) is 1. The van der Waals surface area contributed by atoms with Gasteiger partial charge in [-0.2, -0.15) is 0 Å². The van der Waals surface area contributed by atoms with Crippen LogP contribution in [0.5, 0.6) is 23.0 Å². The predicted molar refractivity (Wildman–Crippen MR) is 491 cm³/mol. The second-order valence-corrected chi connectivity index (χ2v) is 33.0. The topological polar surface area (TPSA) is 33.7 Å². The second kappa shape index (κ2) is 27.9. The van der Waals surface area contributed by atoms with Crippen molar-refractivity contribution < 1.29 is 9.47 Å². The van der Waals surface area contributed by atoms with Crippen LogP contribution >= 0.6 is 11.6 Å². The molecule has 2 aliphatic heterocycles. The lowest BCUT2D eigenvalue weighted by atomic mass is 9.66. The third-order valence-electron chi connectivity index (χ3n) is 25.8. The van der Waals surface area contributed by atoms with E-state index in [4.69, 9.17) is 21.1 Å². The number of ether oxygens (including phenoxy) is 2. The first-order valence-electron chi connectivity index (χ1n) is 40.5. The highest BCUT2D eigenvalue weighted by Crippen LogP contribution is 2.67. The fourth-order valence-corrected chi connectivity index (χ4v) is 20.8. The minimum Gasteiger partial charge on any atom is -0.457 e. The summed E-state index contributed by atoms with van der Waals surface area (Å²) in [6, 6.07) is 144. The van der Waals surface area contributed by atoms with Gasteiger partial charge in [-0.3, -0.25) is 0 Å². The molecular weight excluding hydrogens is 1450 g/mol. The molecule has 6 aliphatic rings. The molecule has 0 saturated heterocycles. The standard InChI is InChI=1S/C56H39NO.C29H17ClO.C27H23N.CH4/c1-55(2)44-20-9-8-19-42(44)43-33-32-40(35-49(43)55)57(39-30-27-37(28-31-39)36-15-4-3-5-16-36)50-24-14-23-47-54(50)53-41-18-7-6-17-38(41)29-34-48(53)56(47)45-21-10-12-25-51(45)58-52-26-13-11-22-46(52)56;30-24-13-7-12-22-28(24)27-19-9-2-1-8-18(19)16-17-23(27)29(22)20-10-3-5-14-25(20)31-26-15-6-4-11-21(26)29;1-27(2)25-11-7-6-10-23(25)24-17-16-22(18-26(24)27)28-21-14-12-20(13-15-21)19-8-4-3-5-9-19;/h3-35H,1-2H3;1-17H;3-18,28H,1-2H3;1H4. The highest BCUT2D eigenvalue weighted by molar-refractivity contribution is 6.34. The molecular formula is C113H83ClN2O2. The summed E-state index contributed by atoms with van der Waals surface area (Å²) in [4.78, 5) is 2.51. The number of benzene rings is 18. The summed E-state index contributed by atoms with van der Waals surface area (Å²) in [6.07, 6.45) is 0. The van der Waals surface area contributed by atoms with Crippen molar-refractivity contribution in [1.29, 1.82) is 0 Å². The van der Waals surface area contributed by atoms with E-state index >= 15 is 0 Å². The van der Waals surface area contributed by atoms with Crippen molar-refractivity contribution in [3.8, 4) is 89.8 Å². The van der Waals surface area contributed by atoms with Crippen LogP contribution in [0.3, 0.4) is 0 Å². The fraction of sp³-hybridized carbons (Fsp3) is 0.0796. The number of hydrogen-bond donors (Lipinski definition) is 1. The summed E-state index contributed by atoms with van der Waals surface area (Å²) in [5, 5.41) is 9.28. The van der Waals surface area contributed by atoms with E-state index in [9.17, 15) is 0 Å². The van der Waals surface area contributed by atoms with E-state index < -0.39 is 10.8 Å². The van der Waals surface area contributed by atoms with Gasteiger partial charge in [0.15, 0.2) is 0 Å². The third-order valence-corrected chi connectivity index (χ3v) is 26.1. The van der Waals surface area contributed by atoms with Gasteiger partial charge < -0.3 is 19.7 Å². The molecule has 0 atom stereocenters. The summed E-state index contributed by atoms with van der Waals surface area (Å²) < 4.78 is 13.1. The van der Waals surface area contributed by atoms with Crippen LogP contribution in [0.25, 0.3) is 88.3 Å². The lowest BCUT2D eigenvalue weighted by Gasteiger charge is -2.39. The number of anilines is 5. The van der Waals surface area contributed by atoms with Gasteiger partial charge >= 0.3 is 0 Å². The van der Waals surface area contributed by atoms with Gasteiger partial charge in [-0.25, -0.2) is 0 Å². The maximum atomic E-state index is 6.92. The average molecular weight is 1540 g/mol. The van der Waals surface area contributed by atoms with Crippen molar-refractivity contribution in [2.24, 2.45) is 0 Å². The molecule has 0 radical (unpaired) electrons. The Bertz CT molecular complexity index is 6970. The summed E-state index contributed by atoms with van der Waals surface area (Å²) in [5.41, 5.74) is 34.7. The van der Waals surface area contributed by atoms with Gasteiger partial charge in [-0.15, -0.1) is 0 Å². The smallest absolute Gasteiger partial charge is 0.132 e. The number of rotatable bonds is 7. The first kappa shape index (κ1) is 71.7. The van der Waals surface area contributed by atoms with Crippen LogP contribution in [0, 0.1) is 0 Å². The van der Waals surface area contributed by atoms with Gasteiger partial charge in [0.25, 0.3) is 0 Å². The van der Waals surface area contributed by atoms with Crippen LogP contribution in [-0.4, -0.2) is 0 Å². The van der Waals surface area contributed by atoms with Gasteiger partial charge in [0.05, 0.1) is 16.5 Å². The van der Waals surface area contributed by atoms with Gasteiger partial charge in [0.1, 0.15) is 23.0 Å². The lowest BCUT2D eigenvalue weighted by molar-refractivity contribution is 0.436. The van der Waals surface area contributed by atoms with E-state index in [2.05, 4.69) is 414 Å². The van der Waals surface area contributed by atoms with E-state index in [1.54, 1.807) is 0 Å². The Labute approximate surface area is 695 Å². The lowest BCUT2D eigenvalue weighted by Crippen LogP contribution is -2.32. The zero-order chi connectivity index (χ0) is 78.3. The van der Waals surface area contributed by atoms with E-state index in [1.165, 1.54) is 127 Å². The minimum atomic E-state index is -0.597. The van der Waals surface area contributed by atoms with Gasteiger partial charge in [-0.1, -0.05) is 362 Å². The second-order valence-electron chi connectivity index (χ2n) is 32.6. The highest BCUT2D eigenvalue weighted by Gasteiger charge is 2.54. The molecule has 0 bridgehead atoms. The largest absolute Gasteiger partial charge is 0.457 e. The molecule has 2 heterocycles. The molecule has 564 valence electrons. The molecule has 0 amide bonds. The van der Waals surface area contributed by atoms with Crippen molar-refractivity contribution in [2.45, 2.75) is 56.8 Å². The third kappa shape index (κ3) is 10.8. The molecule has 1 N–H and O–H groups in total. The average Bonchev–Trinajstić information content (AvgIpc) is 1.50. The molecule has 0 unspecified atom stereocenters. The normalized spacial score (nSPS) is 14.1. The van der Waals surface area contributed by atoms with Crippen LogP contribution in [0.1, 0.15) is 102 Å². The maximum absolute atomic E-state index is 6.92. The van der Waals surface area contributed by atoms with Crippen LogP contribution in [0.2, 0.25) is 5.02 Å². The molecule has 24 rings (SSSR count). The Morgan fingerprint density at radius 2 is 0.610 bits per heavy atom. The van der Waals surface area contributed by atoms with Crippen LogP contribution in [0.15, 0.2) is 400 Å². The predicted octanol–water partition coefficient (Wildman–Crippen LogP) is 30.8. The molecule has 4 aliphatic carbocycles. The van der Waals surface area contributed by atoms with E-state index in [-0.39, 0.29) is 18.3 Å². The molecule has 18 aromatic rings. The minimum absolute atomic E-state index is 0. The Morgan fingerprint density at radius 3 is 1.12 bits per heavy atom. The number of hydrogen-bond acceptors (Lipinski definition) is 4. The van der Waals surface area contributed by atoms with Crippen molar-refractivity contribution in [2.75, 3.05) is 10.2 Å². The first-order valence-corrected chi connectivity index (χ1v) is 40.9. The summed E-state index contributed by atoms with van der Waals surface area (Å²) >= 11 is 6.92. The molecule has 4 nitrogen and oxygen atoms in total. The molecule has 5 heteroatoms. The summed E-state index contributed by atoms with van der Waals surface area (Å²) in [5.74, 6) is 3.58. The molecule has 0 aromatic heterocycles. The van der Waals surface area contributed by atoms with Gasteiger partial charge in [0, 0.05) is 72.0 Å². The van der Waals surface area contributed by atoms with Gasteiger partial charge in [0.2, 0.25) is 0 Å². The number of fused-ring (bicyclic) bond motifs is 28. The Morgan fingerprint density at radius 1 is 0.254 bits per heavy atom. The Kier molecular flexibility index (Phi) is 16.9.